The molecule has 0 N–H and O–H groups in total. The topological polar surface area (TPSA) is 0 Å². The largest absolute Gasteiger partial charge is 0.116 e. The summed E-state index contributed by atoms with van der Waals surface area (Å²) in [6.07, 6.45) is 10.3. The average molecular weight is 327 g/mol. The van der Waals surface area contributed by atoms with Crippen LogP contribution in [0, 0.1) is 12.3 Å². The minimum absolute atomic E-state index is 0.926. The smallest absolute Gasteiger partial charge is 0.115 e. The summed E-state index contributed by atoms with van der Waals surface area (Å²) < 4.78 is 0. The van der Waals surface area contributed by atoms with Crippen molar-refractivity contribution in [2.75, 3.05) is 6.16 Å². The molecule has 3 aromatic rings. The normalized spacial score (nSPS) is 11.3. The molecule has 3 aromatic carbocycles. The van der Waals surface area contributed by atoms with Gasteiger partial charge in [0, 0.05) is 0 Å². The van der Waals surface area contributed by atoms with E-state index >= 15 is 0 Å². The van der Waals surface area contributed by atoms with E-state index in [4.69, 9.17) is 6.42 Å². The van der Waals surface area contributed by atoms with Gasteiger partial charge in [0.2, 0.25) is 0 Å². The average Bonchev–Trinajstić information content (AvgIpc) is 2.68. The van der Waals surface area contributed by atoms with Crippen LogP contribution in [-0.4, -0.2) is 6.16 Å². The van der Waals surface area contributed by atoms with Gasteiger partial charge in [0.1, 0.15) is 23.2 Å². The van der Waals surface area contributed by atoms with Crippen LogP contribution in [0.2, 0.25) is 0 Å². The van der Waals surface area contributed by atoms with Crippen LogP contribution >= 0.6 is 7.26 Å². The zero-order valence-corrected chi connectivity index (χ0v) is 14.4. The quantitative estimate of drug-likeness (QED) is 0.487. The summed E-state index contributed by atoms with van der Waals surface area (Å²) in [6.45, 7) is 0. The number of rotatable bonds is 5. The van der Waals surface area contributed by atoms with Gasteiger partial charge in [-0.2, -0.15) is 0 Å². The SMILES string of the molecule is C#CC=CC[P+](c1ccccc1)(c1ccccc1)c1ccccc1. The minimum atomic E-state index is -1.77. The van der Waals surface area contributed by atoms with Gasteiger partial charge in [0.05, 0.1) is 6.16 Å². The molecule has 24 heavy (non-hydrogen) atoms. The van der Waals surface area contributed by atoms with Gasteiger partial charge in [-0.1, -0.05) is 60.5 Å². The van der Waals surface area contributed by atoms with E-state index in [1.807, 2.05) is 6.08 Å². The third-order valence-electron chi connectivity index (χ3n) is 4.18. The maximum atomic E-state index is 5.45. The molecule has 1 heteroatoms. The lowest BCUT2D eigenvalue weighted by Gasteiger charge is -2.26. The molecule has 0 aliphatic carbocycles. The first-order valence-corrected chi connectivity index (χ1v) is 10.0. The first kappa shape index (κ1) is 16.3. The summed E-state index contributed by atoms with van der Waals surface area (Å²) in [5.74, 6) is 2.63. The molecule has 0 radical (unpaired) electrons. The van der Waals surface area contributed by atoms with Crippen LogP contribution < -0.4 is 15.9 Å². The lowest BCUT2D eigenvalue weighted by molar-refractivity contribution is 1.65. The molecule has 0 spiro atoms. The Morgan fingerprint density at radius 1 is 0.667 bits per heavy atom. The standard InChI is InChI=1S/C23H20P/c1-2-3-13-20-24(21-14-7-4-8-15-21,22-16-9-5-10-17-22)23-18-11-6-12-19-23/h1,3-19H,20H2/q+1. The maximum absolute atomic E-state index is 5.45. The lowest BCUT2D eigenvalue weighted by Crippen LogP contribution is -2.32. The predicted molar refractivity (Wildman–Crippen MR) is 108 cm³/mol. The third-order valence-corrected chi connectivity index (χ3v) is 8.48. The highest BCUT2D eigenvalue weighted by Crippen LogP contribution is 2.55. The van der Waals surface area contributed by atoms with Crippen molar-refractivity contribution < 1.29 is 0 Å². The molecule has 0 aromatic heterocycles. The van der Waals surface area contributed by atoms with Gasteiger partial charge >= 0.3 is 0 Å². The monoisotopic (exact) mass is 327 g/mol. The van der Waals surface area contributed by atoms with Gasteiger partial charge in [-0.15, -0.1) is 6.42 Å². The van der Waals surface area contributed by atoms with Crippen molar-refractivity contribution in [3.8, 4) is 12.3 Å². The highest BCUT2D eigenvalue weighted by atomic mass is 31.2. The van der Waals surface area contributed by atoms with E-state index in [9.17, 15) is 0 Å². The summed E-state index contributed by atoms with van der Waals surface area (Å²) in [7, 11) is -1.77. The van der Waals surface area contributed by atoms with Crippen LogP contribution in [0.3, 0.4) is 0 Å². The van der Waals surface area contributed by atoms with Gasteiger partial charge in [-0.25, -0.2) is 0 Å². The molecule has 0 amide bonds. The Kier molecular flexibility index (Phi) is 5.27. The van der Waals surface area contributed by atoms with E-state index in [0.717, 1.165) is 6.16 Å². The minimum Gasteiger partial charge on any atom is -0.115 e. The van der Waals surface area contributed by atoms with Gasteiger partial charge in [-0.05, 0) is 48.6 Å². The van der Waals surface area contributed by atoms with Crippen molar-refractivity contribution in [1.82, 2.24) is 0 Å². The number of hydrogen-bond acceptors (Lipinski definition) is 0. The Labute approximate surface area is 145 Å². The fourth-order valence-electron chi connectivity index (χ4n) is 3.09. The molecular weight excluding hydrogens is 307 g/mol. The first-order chi connectivity index (χ1) is 11.9. The molecule has 3 rings (SSSR count). The Bertz CT molecular complexity index is 731. The van der Waals surface area contributed by atoms with Crippen molar-refractivity contribution in [3.63, 3.8) is 0 Å². The summed E-state index contributed by atoms with van der Waals surface area (Å²) in [6, 6.07) is 32.5. The Morgan fingerprint density at radius 2 is 1.04 bits per heavy atom. The molecular formula is C23H20P+. The van der Waals surface area contributed by atoms with Crippen molar-refractivity contribution in [2.45, 2.75) is 0 Å². The van der Waals surface area contributed by atoms with E-state index in [1.54, 1.807) is 0 Å². The van der Waals surface area contributed by atoms with Crippen LogP contribution in [0.1, 0.15) is 0 Å². The highest BCUT2D eigenvalue weighted by molar-refractivity contribution is 7.95. The number of benzene rings is 3. The second-order valence-corrected chi connectivity index (χ2v) is 9.10. The van der Waals surface area contributed by atoms with Crippen molar-refractivity contribution >= 4 is 23.2 Å². The zero-order valence-electron chi connectivity index (χ0n) is 13.5. The second-order valence-electron chi connectivity index (χ2n) is 5.57. The fraction of sp³-hybridized carbons (Fsp3) is 0.0435. The van der Waals surface area contributed by atoms with E-state index in [0.29, 0.717) is 0 Å². The van der Waals surface area contributed by atoms with Gasteiger partial charge in [0.25, 0.3) is 0 Å². The molecule has 116 valence electrons. The first-order valence-electron chi connectivity index (χ1n) is 8.04. The van der Waals surface area contributed by atoms with E-state index < -0.39 is 7.26 Å². The van der Waals surface area contributed by atoms with Crippen molar-refractivity contribution in [2.24, 2.45) is 0 Å². The Balaban J connectivity index is 2.28. The molecule has 0 bridgehead atoms. The van der Waals surface area contributed by atoms with Crippen LogP contribution in [0.25, 0.3) is 0 Å². The van der Waals surface area contributed by atoms with Crippen molar-refractivity contribution in [1.29, 1.82) is 0 Å². The lowest BCUT2D eigenvalue weighted by atomic mass is 10.4. The second kappa shape index (κ2) is 7.78. The highest BCUT2D eigenvalue weighted by Gasteiger charge is 2.43. The van der Waals surface area contributed by atoms with Crippen LogP contribution in [0.4, 0.5) is 0 Å². The molecule has 0 atom stereocenters. The number of terminal acetylenes is 1. The van der Waals surface area contributed by atoms with Crippen LogP contribution in [-0.2, 0) is 0 Å². The van der Waals surface area contributed by atoms with Gasteiger partial charge in [-0.3, -0.25) is 0 Å². The van der Waals surface area contributed by atoms with E-state index in [-0.39, 0.29) is 0 Å². The molecule has 0 heterocycles. The van der Waals surface area contributed by atoms with Crippen molar-refractivity contribution in [3.05, 3.63) is 103 Å². The van der Waals surface area contributed by atoms with Gasteiger partial charge in [0.15, 0.2) is 0 Å². The molecule has 0 unspecified atom stereocenters. The molecule has 0 nitrogen and oxygen atoms in total. The van der Waals surface area contributed by atoms with Gasteiger partial charge < -0.3 is 0 Å². The number of allylic oxidation sites excluding steroid dienone is 2. The summed E-state index contributed by atoms with van der Waals surface area (Å²) in [5, 5.41) is 4.14. The van der Waals surface area contributed by atoms with Crippen LogP contribution in [0.5, 0.6) is 0 Å². The Morgan fingerprint density at radius 3 is 1.38 bits per heavy atom. The summed E-state index contributed by atoms with van der Waals surface area (Å²) >= 11 is 0. The predicted octanol–water partition coefficient (Wildman–Crippen LogP) is 4.17. The van der Waals surface area contributed by atoms with E-state index in [2.05, 4.69) is 103 Å². The maximum Gasteiger partial charge on any atom is 0.116 e. The molecule has 0 fully saturated rings. The summed E-state index contributed by atoms with van der Waals surface area (Å²) in [5.41, 5.74) is 0. The Hall–Kier alpha value is -2.61. The molecule has 0 aliphatic rings. The molecule has 0 saturated heterocycles. The number of hydrogen-bond donors (Lipinski definition) is 0. The van der Waals surface area contributed by atoms with E-state index in [1.165, 1.54) is 15.9 Å². The molecule has 0 aliphatic heterocycles. The fourth-order valence-corrected chi connectivity index (χ4v) is 7.08. The summed E-state index contributed by atoms with van der Waals surface area (Å²) in [4.78, 5) is 0. The van der Waals surface area contributed by atoms with Crippen LogP contribution in [0.15, 0.2) is 103 Å². The molecule has 0 saturated carbocycles. The zero-order chi connectivity index (χ0) is 16.7. The third kappa shape index (κ3) is 3.18.